The lowest BCUT2D eigenvalue weighted by molar-refractivity contribution is -0.124. The number of nitrogens with zero attached hydrogens (tertiary/aromatic N) is 1. The molecule has 1 aliphatic heterocycles. The highest BCUT2D eigenvalue weighted by Crippen LogP contribution is 2.34. The highest BCUT2D eigenvalue weighted by Gasteiger charge is 2.40. The molecule has 1 aliphatic rings. The van der Waals surface area contributed by atoms with Crippen molar-refractivity contribution in [2.75, 3.05) is 6.61 Å². The van der Waals surface area contributed by atoms with Crippen LogP contribution in [0.2, 0.25) is 0 Å². The van der Waals surface area contributed by atoms with Gasteiger partial charge in [-0.25, -0.2) is 9.69 Å². The van der Waals surface area contributed by atoms with Crippen molar-refractivity contribution in [2.24, 2.45) is 0 Å². The van der Waals surface area contributed by atoms with Crippen molar-refractivity contribution in [2.45, 2.75) is 37.6 Å². The summed E-state index contributed by atoms with van der Waals surface area (Å²) in [4.78, 5) is 28.4. The van der Waals surface area contributed by atoms with Crippen LogP contribution < -0.4 is 0 Å². The Morgan fingerprint density at radius 2 is 1.89 bits per heavy atom. The maximum Gasteiger partial charge on any atom is 0.417 e. The van der Waals surface area contributed by atoms with Crippen LogP contribution in [0.1, 0.15) is 36.9 Å². The minimum absolute atomic E-state index is 0.185. The Morgan fingerprint density at radius 3 is 2.56 bits per heavy atom. The molecule has 2 amide bonds. The van der Waals surface area contributed by atoms with Crippen LogP contribution in [0.5, 0.6) is 0 Å². The molecule has 1 atom stereocenters. The maximum atomic E-state index is 13.3. The largest absolute Gasteiger partial charge is 0.446 e. The van der Waals surface area contributed by atoms with Gasteiger partial charge in [0.2, 0.25) is 0 Å². The summed E-state index contributed by atoms with van der Waals surface area (Å²) in [5, 5.41) is 0. The third-order valence-corrected chi connectivity index (χ3v) is 5.42. The summed E-state index contributed by atoms with van der Waals surface area (Å²) in [5.41, 5.74) is 2.06. The summed E-state index contributed by atoms with van der Waals surface area (Å²) < 4.78 is 5.20. The number of imide groups is 1. The molecule has 0 saturated carbocycles. The first-order valence-electron chi connectivity index (χ1n) is 9.10. The predicted octanol–water partition coefficient (Wildman–Crippen LogP) is 5.49. The van der Waals surface area contributed by atoms with E-state index in [0.29, 0.717) is 4.91 Å². The Morgan fingerprint density at radius 1 is 1.19 bits per heavy atom. The highest BCUT2D eigenvalue weighted by molar-refractivity contribution is 8.04. The van der Waals surface area contributed by atoms with Gasteiger partial charge in [-0.3, -0.25) is 4.79 Å². The standard InChI is InChI=1S/C22H23NO3S/c1-3-4-10-20(27-18-13-11-16(2)12-14-18)21(24)23-19(15-26-22(23)25)17-8-6-5-7-9-17/h5-14,19H,3-4,15H2,1-2H3/b20-10+. The van der Waals surface area contributed by atoms with E-state index in [1.807, 2.05) is 67.6 Å². The number of hydrogen-bond donors (Lipinski definition) is 0. The number of thioether (sulfide) groups is 1. The number of rotatable bonds is 6. The fourth-order valence-corrected chi connectivity index (χ4v) is 3.78. The monoisotopic (exact) mass is 381 g/mol. The quantitative estimate of drug-likeness (QED) is 0.490. The van der Waals surface area contributed by atoms with Crippen molar-refractivity contribution in [1.82, 2.24) is 4.90 Å². The first-order chi connectivity index (χ1) is 13.1. The highest BCUT2D eigenvalue weighted by atomic mass is 32.2. The van der Waals surface area contributed by atoms with Gasteiger partial charge in [-0.2, -0.15) is 0 Å². The summed E-state index contributed by atoms with van der Waals surface area (Å²) in [5.74, 6) is -0.301. The molecule has 0 aromatic heterocycles. The molecule has 1 heterocycles. The molecule has 2 aromatic carbocycles. The molecule has 4 nitrogen and oxygen atoms in total. The summed E-state index contributed by atoms with van der Waals surface area (Å²) >= 11 is 1.39. The van der Waals surface area contributed by atoms with Gasteiger partial charge in [0.1, 0.15) is 12.6 Å². The lowest BCUT2D eigenvalue weighted by Crippen LogP contribution is -2.34. The topological polar surface area (TPSA) is 46.6 Å². The Hall–Kier alpha value is -2.53. The second-order valence-electron chi connectivity index (χ2n) is 6.45. The Labute approximate surface area is 164 Å². The van der Waals surface area contributed by atoms with Crippen molar-refractivity contribution < 1.29 is 14.3 Å². The fourth-order valence-electron chi connectivity index (χ4n) is 2.87. The average molecular weight is 381 g/mol. The van der Waals surface area contributed by atoms with Gasteiger partial charge in [0.15, 0.2) is 0 Å². The normalized spacial score (nSPS) is 17.1. The number of hydrogen-bond acceptors (Lipinski definition) is 4. The molecule has 0 N–H and O–H groups in total. The average Bonchev–Trinajstić information content (AvgIpc) is 3.08. The number of cyclic esters (lactones) is 1. The first kappa shape index (κ1) is 19.2. The second-order valence-corrected chi connectivity index (χ2v) is 7.57. The maximum absolute atomic E-state index is 13.3. The van der Waals surface area contributed by atoms with Gasteiger partial charge >= 0.3 is 6.09 Å². The Balaban J connectivity index is 1.87. The third kappa shape index (κ3) is 4.61. The number of allylic oxidation sites excluding steroid dienone is 1. The summed E-state index contributed by atoms with van der Waals surface area (Å²) in [6, 6.07) is 17.1. The number of amides is 2. The van der Waals surface area contributed by atoms with Crippen LogP contribution in [0.3, 0.4) is 0 Å². The van der Waals surface area contributed by atoms with Crippen LogP contribution in [-0.4, -0.2) is 23.5 Å². The van der Waals surface area contributed by atoms with Crippen LogP contribution in [0.25, 0.3) is 0 Å². The van der Waals surface area contributed by atoms with Gasteiger partial charge in [0, 0.05) is 4.90 Å². The zero-order valence-electron chi connectivity index (χ0n) is 15.6. The Bertz CT molecular complexity index is 830. The number of carbonyl (C=O) groups is 2. The predicted molar refractivity (Wildman–Crippen MR) is 107 cm³/mol. The van der Waals surface area contributed by atoms with Crippen molar-refractivity contribution >= 4 is 23.8 Å². The molecule has 5 heteroatoms. The van der Waals surface area contributed by atoms with E-state index >= 15 is 0 Å². The molecule has 1 saturated heterocycles. The van der Waals surface area contributed by atoms with Crippen molar-refractivity contribution in [3.05, 3.63) is 76.7 Å². The lowest BCUT2D eigenvalue weighted by atomic mass is 10.1. The van der Waals surface area contributed by atoms with Gasteiger partial charge in [-0.1, -0.05) is 79.2 Å². The molecule has 3 rings (SSSR count). The van der Waals surface area contributed by atoms with Crippen LogP contribution in [-0.2, 0) is 9.53 Å². The SMILES string of the molecule is CCC/C=C(/Sc1ccc(C)cc1)C(=O)N1C(=O)OCC1c1ccccc1. The lowest BCUT2D eigenvalue weighted by Gasteiger charge is -2.21. The molecular weight excluding hydrogens is 358 g/mol. The molecule has 0 bridgehead atoms. The molecule has 140 valence electrons. The second kappa shape index (κ2) is 8.91. The minimum Gasteiger partial charge on any atom is -0.446 e. The number of benzene rings is 2. The van der Waals surface area contributed by atoms with Gasteiger partial charge in [0.05, 0.1) is 4.91 Å². The molecule has 0 spiro atoms. The van der Waals surface area contributed by atoms with E-state index in [0.717, 1.165) is 28.9 Å². The van der Waals surface area contributed by atoms with Gasteiger partial charge in [-0.15, -0.1) is 0 Å². The third-order valence-electron chi connectivity index (χ3n) is 4.35. The summed E-state index contributed by atoms with van der Waals surface area (Å²) in [6.07, 6.45) is 3.04. The van der Waals surface area contributed by atoms with E-state index in [-0.39, 0.29) is 12.5 Å². The van der Waals surface area contributed by atoms with E-state index in [1.165, 1.54) is 16.7 Å². The molecule has 0 aliphatic carbocycles. The van der Waals surface area contributed by atoms with Crippen LogP contribution in [0.4, 0.5) is 4.79 Å². The van der Waals surface area contributed by atoms with E-state index < -0.39 is 12.1 Å². The Kier molecular flexibility index (Phi) is 6.35. The number of unbranched alkanes of at least 4 members (excludes halogenated alkanes) is 1. The molecule has 2 aromatic rings. The molecule has 1 unspecified atom stereocenters. The number of ether oxygens (including phenoxy) is 1. The van der Waals surface area contributed by atoms with Gasteiger partial charge in [0.25, 0.3) is 5.91 Å². The zero-order chi connectivity index (χ0) is 19.2. The van der Waals surface area contributed by atoms with E-state index in [4.69, 9.17) is 4.74 Å². The van der Waals surface area contributed by atoms with Gasteiger partial charge in [-0.05, 0) is 31.0 Å². The zero-order valence-corrected chi connectivity index (χ0v) is 16.4. The molecule has 1 fully saturated rings. The molecule has 27 heavy (non-hydrogen) atoms. The van der Waals surface area contributed by atoms with E-state index in [9.17, 15) is 9.59 Å². The molecular formula is C22H23NO3S. The summed E-state index contributed by atoms with van der Waals surface area (Å²) in [7, 11) is 0. The van der Waals surface area contributed by atoms with Crippen molar-refractivity contribution in [1.29, 1.82) is 0 Å². The smallest absolute Gasteiger partial charge is 0.417 e. The first-order valence-corrected chi connectivity index (χ1v) is 9.91. The number of carbonyl (C=O) groups excluding carboxylic acids is 2. The van der Waals surface area contributed by atoms with Crippen molar-refractivity contribution in [3.8, 4) is 0 Å². The molecule has 0 radical (unpaired) electrons. The summed E-state index contributed by atoms with van der Waals surface area (Å²) in [6.45, 7) is 4.27. The minimum atomic E-state index is -0.583. The van der Waals surface area contributed by atoms with E-state index in [1.54, 1.807) is 0 Å². The van der Waals surface area contributed by atoms with Crippen LogP contribution in [0, 0.1) is 6.92 Å². The van der Waals surface area contributed by atoms with E-state index in [2.05, 4.69) is 6.92 Å². The van der Waals surface area contributed by atoms with Crippen LogP contribution >= 0.6 is 11.8 Å². The van der Waals surface area contributed by atoms with Crippen LogP contribution in [0.15, 0.2) is 70.5 Å². The fraction of sp³-hybridized carbons (Fsp3) is 0.273. The van der Waals surface area contributed by atoms with Crippen molar-refractivity contribution in [3.63, 3.8) is 0 Å². The number of aryl methyl sites for hydroxylation is 1. The van der Waals surface area contributed by atoms with Gasteiger partial charge < -0.3 is 4.74 Å².